The molecule has 0 radical (unpaired) electrons. The van der Waals surface area contributed by atoms with Crippen LogP contribution < -0.4 is 5.73 Å². The van der Waals surface area contributed by atoms with E-state index in [0.29, 0.717) is 28.8 Å². The standard InChI is InChI=1S/C13H19N7O3S2/c1-18(2)3-4-19-13(15-16-17-19)25-6-7-5-24-11-8(14)10(21)20(11)9(7)12(22)23/h8,11H,3-6,14H2,1-2H3,(H,22,23)/t8?,11-/m0/s1. The van der Waals surface area contributed by atoms with Crippen molar-refractivity contribution in [1.82, 2.24) is 30.0 Å². The Hall–Kier alpha value is -1.63. The summed E-state index contributed by atoms with van der Waals surface area (Å²) in [5.41, 5.74) is 6.48. The predicted octanol–water partition coefficient (Wildman–Crippen LogP) is -1.09. The number of thioether (sulfide) groups is 2. The summed E-state index contributed by atoms with van der Waals surface area (Å²) in [4.78, 5) is 26.9. The van der Waals surface area contributed by atoms with E-state index < -0.39 is 12.0 Å². The summed E-state index contributed by atoms with van der Waals surface area (Å²) in [6.45, 7) is 1.43. The maximum Gasteiger partial charge on any atom is 0.352 e. The van der Waals surface area contributed by atoms with E-state index in [1.54, 1.807) is 4.68 Å². The van der Waals surface area contributed by atoms with Crippen LogP contribution in [0.1, 0.15) is 0 Å². The number of aromatic nitrogens is 4. The second kappa shape index (κ2) is 7.32. The Kier molecular flexibility index (Phi) is 5.32. The topological polar surface area (TPSA) is 130 Å². The average Bonchev–Trinajstić information content (AvgIpc) is 3.03. The van der Waals surface area contributed by atoms with Gasteiger partial charge >= 0.3 is 5.97 Å². The van der Waals surface area contributed by atoms with Crippen molar-refractivity contribution < 1.29 is 14.7 Å². The smallest absolute Gasteiger partial charge is 0.352 e. The summed E-state index contributed by atoms with van der Waals surface area (Å²) in [5, 5.41) is 21.5. The molecule has 1 saturated heterocycles. The zero-order chi connectivity index (χ0) is 18.1. The highest BCUT2D eigenvalue weighted by Crippen LogP contribution is 2.40. The van der Waals surface area contributed by atoms with Crippen LogP contribution in [0, 0.1) is 0 Å². The third-order valence-corrected chi connectivity index (χ3v) is 6.33. The van der Waals surface area contributed by atoms with E-state index in [0.717, 1.165) is 6.54 Å². The van der Waals surface area contributed by atoms with E-state index in [9.17, 15) is 14.7 Å². The number of nitrogens with zero attached hydrogens (tertiary/aromatic N) is 6. The number of carbonyl (C=O) groups is 2. The third-order valence-electron chi connectivity index (χ3n) is 3.92. The molecule has 2 atom stereocenters. The van der Waals surface area contributed by atoms with Crippen molar-refractivity contribution >= 4 is 35.4 Å². The molecule has 3 rings (SSSR count). The van der Waals surface area contributed by atoms with Gasteiger partial charge in [0.15, 0.2) is 0 Å². The molecular formula is C13H19N7O3S2. The lowest BCUT2D eigenvalue weighted by molar-refractivity contribution is -0.147. The Morgan fingerprint density at radius 2 is 2.28 bits per heavy atom. The number of fused-ring (bicyclic) bond motifs is 1. The molecule has 3 heterocycles. The van der Waals surface area contributed by atoms with Crippen molar-refractivity contribution in [3.05, 3.63) is 11.3 Å². The van der Waals surface area contributed by atoms with E-state index in [1.165, 1.54) is 28.4 Å². The molecule has 12 heteroatoms. The minimum atomic E-state index is -1.10. The van der Waals surface area contributed by atoms with Gasteiger partial charge in [-0.05, 0) is 30.1 Å². The van der Waals surface area contributed by atoms with Crippen molar-refractivity contribution in [1.29, 1.82) is 0 Å². The van der Waals surface area contributed by atoms with Gasteiger partial charge in [0.1, 0.15) is 17.1 Å². The Bertz CT molecular complexity index is 720. The number of hydrogen-bond donors (Lipinski definition) is 2. The lowest BCUT2D eigenvalue weighted by Crippen LogP contribution is -2.68. The number of tetrazole rings is 1. The first-order valence-electron chi connectivity index (χ1n) is 7.59. The van der Waals surface area contributed by atoms with Gasteiger partial charge in [-0.1, -0.05) is 11.8 Å². The van der Waals surface area contributed by atoms with Crippen molar-refractivity contribution in [3.8, 4) is 0 Å². The van der Waals surface area contributed by atoms with Crippen LogP contribution in [0.15, 0.2) is 16.4 Å². The Labute approximate surface area is 152 Å². The number of nitrogens with two attached hydrogens (primary N) is 1. The van der Waals surface area contributed by atoms with Crippen molar-refractivity contribution in [3.63, 3.8) is 0 Å². The fraction of sp³-hybridized carbons (Fsp3) is 0.615. The van der Waals surface area contributed by atoms with Gasteiger partial charge in [0, 0.05) is 18.1 Å². The van der Waals surface area contributed by atoms with Crippen LogP contribution in [-0.2, 0) is 16.1 Å². The van der Waals surface area contributed by atoms with E-state index in [2.05, 4.69) is 15.5 Å². The normalized spacial score (nSPS) is 23.0. The molecule has 1 fully saturated rings. The number of carboxylic acids is 1. The molecule has 0 saturated carbocycles. The molecule has 3 N–H and O–H groups in total. The first kappa shape index (κ1) is 18.2. The molecule has 0 bridgehead atoms. The first-order valence-corrected chi connectivity index (χ1v) is 9.63. The van der Waals surface area contributed by atoms with Gasteiger partial charge in [0.2, 0.25) is 11.1 Å². The van der Waals surface area contributed by atoms with Gasteiger partial charge in [-0.25, -0.2) is 9.48 Å². The average molecular weight is 385 g/mol. The van der Waals surface area contributed by atoms with Crippen LogP contribution >= 0.6 is 23.5 Å². The summed E-state index contributed by atoms with van der Waals surface area (Å²) < 4.78 is 1.69. The van der Waals surface area contributed by atoms with Crippen LogP contribution in [0.5, 0.6) is 0 Å². The molecule has 1 aromatic heterocycles. The molecule has 0 aliphatic carbocycles. The van der Waals surface area contributed by atoms with Crippen molar-refractivity contribution in [2.45, 2.75) is 23.1 Å². The zero-order valence-corrected chi connectivity index (χ0v) is 15.5. The second-order valence-electron chi connectivity index (χ2n) is 5.97. The summed E-state index contributed by atoms with van der Waals surface area (Å²) in [7, 11) is 3.93. The van der Waals surface area contributed by atoms with Gasteiger partial charge in [-0.3, -0.25) is 9.69 Å². The highest BCUT2D eigenvalue weighted by molar-refractivity contribution is 8.01. The first-order chi connectivity index (χ1) is 11.9. The Morgan fingerprint density at radius 1 is 1.52 bits per heavy atom. The lowest BCUT2D eigenvalue weighted by atomic mass is 10.0. The largest absolute Gasteiger partial charge is 0.477 e. The number of likely N-dealkylation sites (N-methyl/N-ethyl adjacent to an activating group) is 1. The predicted molar refractivity (Wildman–Crippen MR) is 92.8 cm³/mol. The van der Waals surface area contributed by atoms with Crippen LogP contribution in [0.3, 0.4) is 0 Å². The summed E-state index contributed by atoms with van der Waals surface area (Å²) in [6.07, 6.45) is 0. The van der Waals surface area contributed by atoms with Gasteiger partial charge < -0.3 is 15.7 Å². The highest BCUT2D eigenvalue weighted by atomic mass is 32.2. The minimum absolute atomic E-state index is 0.0512. The minimum Gasteiger partial charge on any atom is -0.477 e. The number of β-lactam (4-membered cyclic amide) rings is 1. The van der Waals surface area contributed by atoms with Crippen LogP contribution in [0.4, 0.5) is 0 Å². The molecule has 25 heavy (non-hydrogen) atoms. The maximum atomic E-state index is 11.9. The fourth-order valence-electron chi connectivity index (χ4n) is 2.58. The molecular weight excluding hydrogens is 366 g/mol. The van der Waals surface area contributed by atoms with E-state index in [-0.39, 0.29) is 17.0 Å². The van der Waals surface area contributed by atoms with E-state index in [4.69, 9.17) is 5.73 Å². The number of carbonyl (C=O) groups excluding carboxylic acids is 1. The maximum absolute atomic E-state index is 11.9. The zero-order valence-electron chi connectivity index (χ0n) is 13.8. The lowest BCUT2D eigenvalue weighted by Gasteiger charge is -2.48. The second-order valence-corrected chi connectivity index (χ2v) is 8.02. The van der Waals surface area contributed by atoms with Gasteiger partial charge in [0.05, 0.1) is 6.54 Å². The fourth-order valence-corrected chi connectivity index (χ4v) is 4.91. The molecule has 0 aromatic carbocycles. The number of hydrogen-bond acceptors (Lipinski definition) is 9. The monoisotopic (exact) mass is 385 g/mol. The number of carboxylic acid groups (broad SMARTS) is 1. The van der Waals surface area contributed by atoms with E-state index in [1.807, 2.05) is 19.0 Å². The summed E-state index contributed by atoms with van der Waals surface area (Å²) in [6, 6.07) is -0.619. The van der Waals surface area contributed by atoms with Crippen molar-refractivity contribution in [2.75, 3.05) is 32.1 Å². The number of rotatable bonds is 7. The number of aliphatic carboxylic acids is 1. The molecule has 2 aliphatic rings. The molecule has 10 nitrogen and oxygen atoms in total. The summed E-state index contributed by atoms with van der Waals surface area (Å²) >= 11 is 2.86. The molecule has 2 aliphatic heterocycles. The van der Waals surface area contributed by atoms with Gasteiger partial charge in [0.25, 0.3) is 0 Å². The quantitative estimate of drug-likeness (QED) is 0.441. The summed E-state index contributed by atoms with van der Waals surface area (Å²) in [5.74, 6) is -0.514. The SMILES string of the molecule is CN(C)CCn1nnnc1SCC1=C(C(=O)O)N2C(=O)C(N)[C@@H]2SC1. The number of amides is 1. The highest BCUT2D eigenvalue weighted by Gasteiger charge is 2.51. The third kappa shape index (κ3) is 3.52. The van der Waals surface area contributed by atoms with Crippen LogP contribution in [-0.4, -0.2) is 90.6 Å². The molecule has 1 unspecified atom stereocenters. The Balaban J connectivity index is 1.73. The Morgan fingerprint density at radius 3 is 2.96 bits per heavy atom. The van der Waals surface area contributed by atoms with E-state index >= 15 is 0 Å². The molecule has 1 aromatic rings. The van der Waals surface area contributed by atoms with Crippen molar-refractivity contribution in [2.24, 2.45) is 5.73 Å². The molecule has 0 spiro atoms. The van der Waals surface area contributed by atoms with Gasteiger partial charge in [-0.15, -0.1) is 16.9 Å². The molecule has 1 amide bonds. The van der Waals surface area contributed by atoms with Crippen LogP contribution in [0.25, 0.3) is 0 Å². The van der Waals surface area contributed by atoms with Crippen LogP contribution in [0.2, 0.25) is 0 Å². The van der Waals surface area contributed by atoms with Gasteiger partial charge in [-0.2, -0.15) is 0 Å². The molecule has 136 valence electrons.